The molecule has 1 aromatic rings. The van der Waals surface area contributed by atoms with Gasteiger partial charge in [0.05, 0.1) is 31.2 Å². The van der Waals surface area contributed by atoms with E-state index >= 15 is 0 Å². The maximum atomic E-state index is 12.2. The quantitative estimate of drug-likeness (QED) is 0.580. The first-order valence-electron chi connectivity index (χ1n) is 6.33. The van der Waals surface area contributed by atoms with Gasteiger partial charge in [0.1, 0.15) is 0 Å². The Morgan fingerprint density at radius 1 is 1.26 bits per heavy atom. The van der Waals surface area contributed by atoms with E-state index in [-0.39, 0.29) is 12.6 Å². The van der Waals surface area contributed by atoms with Crippen molar-refractivity contribution < 1.29 is 14.6 Å². The third kappa shape index (κ3) is 3.15. The fourth-order valence-corrected chi connectivity index (χ4v) is 2.09. The van der Waals surface area contributed by atoms with E-state index < -0.39 is 0 Å². The number of nitrogens with two attached hydrogens (primary N) is 1. The van der Waals surface area contributed by atoms with Crippen LogP contribution in [0.5, 0.6) is 0 Å². The Kier molecular flexibility index (Phi) is 4.59. The highest BCUT2D eigenvalue weighted by molar-refractivity contribution is 5.97. The Bertz CT molecular complexity index is 439. The Morgan fingerprint density at radius 2 is 2.05 bits per heavy atom. The number of nitrogens with zero attached hydrogens (tertiary/aromatic N) is 2. The molecule has 0 bridgehead atoms. The zero-order valence-corrected chi connectivity index (χ0v) is 10.8. The van der Waals surface area contributed by atoms with Gasteiger partial charge in [-0.3, -0.25) is 4.90 Å². The predicted octanol–water partition coefficient (Wildman–Crippen LogP) is 0.520. The number of carbonyl (C=O) groups excluding carboxylic acids is 1. The number of aliphatic hydroxyl groups is 1. The summed E-state index contributed by atoms with van der Waals surface area (Å²) in [6.07, 6.45) is 0. The number of anilines is 2. The fourth-order valence-electron chi connectivity index (χ4n) is 2.09. The molecule has 1 aliphatic heterocycles. The predicted molar refractivity (Wildman–Crippen MR) is 73.1 cm³/mol. The summed E-state index contributed by atoms with van der Waals surface area (Å²) in [7, 11) is 0. The van der Waals surface area contributed by atoms with Crippen LogP contribution < -0.4 is 10.6 Å². The third-order valence-electron chi connectivity index (χ3n) is 3.06. The molecular formula is C13H19N3O3. The molecule has 0 aliphatic carbocycles. The molecule has 19 heavy (non-hydrogen) atoms. The van der Waals surface area contributed by atoms with Crippen LogP contribution in [0.4, 0.5) is 16.2 Å². The molecule has 1 heterocycles. The van der Waals surface area contributed by atoms with E-state index in [1.54, 1.807) is 15.9 Å². The van der Waals surface area contributed by atoms with E-state index in [9.17, 15) is 4.79 Å². The summed E-state index contributed by atoms with van der Waals surface area (Å²) < 4.78 is 5.17. The Morgan fingerprint density at radius 3 is 2.79 bits per heavy atom. The van der Waals surface area contributed by atoms with Crippen LogP contribution in [0.2, 0.25) is 0 Å². The maximum Gasteiger partial charge on any atom is 0.324 e. The Labute approximate surface area is 112 Å². The van der Waals surface area contributed by atoms with Crippen molar-refractivity contribution in [3.8, 4) is 0 Å². The average molecular weight is 265 g/mol. The zero-order valence-electron chi connectivity index (χ0n) is 10.8. The second-order valence-corrected chi connectivity index (χ2v) is 4.32. The number of nitrogen functional groups attached to an aromatic ring is 1. The zero-order chi connectivity index (χ0) is 13.7. The molecule has 1 aromatic carbocycles. The molecule has 0 unspecified atom stereocenters. The third-order valence-corrected chi connectivity index (χ3v) is 3.06. The van der Waals surface area contributed by atoms with Crippen molar-refractivity contribution in [3.05, 3.63) is 24.3 Å². The van der Waals surface area contributed by atoms with Gasteiger partial charge in [-0.1, -0.05) is 12.1 Å². The number of rotatable bonds is 6. The molecule has 0 spiro atoms. The summed E-state index contributed by atoms with van der Waals surface area (Å²) in [5, 5.41) is 8.60. The van der Waals surface area contributed by atoms with Crippen molar-refractivity contribution in [2.45, 2.75) is 0 Å². The number of amides is 2. The molecule has 0 aromatic heterocycles. The minimum absolute atomic E-state index is 0.000615. The minimum atomic E-state index is -0.0505. The van der Waals surface area contributed by atoms with Crippen LogP contribution in [0.3, 0.4) is 0 Å². The Hall–Kier alpha value is -1.79. The average Bonchev–Trinajstić information content (AvgIpc) is 2.77. The van der Waals surface area contributed by atoms with E-state index in [1.807, 2.05) is 18.2 Å². The molecule has 3 N–H and O–H groups in total. The van der Waals surface area contributed by atoms with Gasteiger partial charge < -0.3 is 20.5 Å². The van der Waals surface area contributed by atoms with Crippen molar-refractivity contribution >= 4 is 17.4 Å². The van der Waals surface area contributed by atoms with Crippen LogP contribution in [0.15, 0.2) is 24.3 Å². The highest BCUT2D eigenvalue weighted by atomic mass is 16.5. The van der Waals surface area contributed by atoms with Gasteiger partial charge in [-0.15, -0.1) is 0 Å². The van der Waals surface area contributed by atoms with Crippen molar-refractivity contribution in [2.24, 2.45) is 0 Å². The van der Waals surface area contributed by atoms with Crippen LogP contribution in [-0.2, 0) is 4.74 Å². The van der Waals surface area contributed by atoms with E-state index in [0.29, 0.717) is 38.5 Å². The highest BCUT2D eigenvalue weighted by Gasteiger charge is 2.29. The van der Waals surface area contributed by atoms with Gasteiger partial charge in [0, 0.05) is 19.6 Å². The summed E-state index contributed by atoms with van der Waals surface area (Å²) in [5.41, 5.74) is 7.24. The molecule has 1 aliphatic rings. The molecule has 0 radical (unpaired) electrons. The standard InChI is InChI=1S/C13H19N3O3/c14-11-3-1-2-4-12(11)16-6-5-15(13(16)18)7-9-19-10-8-17/h1-4,17H,5-10,14H2. The van der Waals surface area contributed by atoms with Gasteiger partial charge in [0.25, 0.3) is 0 Å². The van der Waals surface area contributed by atoms with Gasteiger partial charge in [-0.05, 0) is 12.1 Å². The van der Waals surface area contributed by atoms with Crippen LogP contribution >= 0.6 is 0 Å². The van der Waals surface area contributed by atoms with Crippen molar-refractivity contribution in [1.82, 2.24) is 4.90 Å². The molecule has 2 rings (SSSR count). The summed E-state index contributed by atoms with van der Waals surface area (Å²) >= 11 is 0. The number of carbonyl (C=O) groups is 1. The number of urea groups is 1. The number of hydrogen-bond donors (Lipinski definition) is 2. The topological polar surface area (TPSA) is 79.0 Å². The highest BCUT2D eigenvalue weighted by Crippen LogP contribution is 2.25. The summed E-state index contributed by atoms with van der Waals surface area (Å²) in [6, 6.07) is 7.30. The van der Waals surface area contributed by atoms with E-state index in [2.05, 4.69) is 0 Å². The molecule has 1 saturated heterocycles. The van der Waals surface area contributed by atoms with Crippen molar-refractivity contribution in [3.63, 3.8) is 0 Å². The van der Waals surface area contributed by atoms with E-state index in [0.717, 1.165) is 5.69 Å². The summed E-state index contributed by atoms with van der Waals surface area (Å²) in [5.74, 6) is 0. The van der Waals surface area contributed by atoms with Crippen LogP contribution in [0.25, 0.3) is 0 Å². The smallest absolute Gasteiger partial charge is 0.324 e. The Balaban J connectivity index is 1.93. The van der Waals surface area contributed by atoms with Crippen LogP contribution in [0.1, 0.15) is 0 Å². The minimum Gasteiger partial charge on any atom is -0.397 e. The lowest BCUT2D eigenvalue weighted by molar-refractivity contribution is 0.0821. The lowest BCUT2D eigenvalue weighted by Crippen LogP contribution is -2.34. The number of para-hydroxylation sites is 2. The maximum absolute atomic E-state index is 12.2. The first kappa shape index (κ1) is 13.6. The normalized spacial score (nSPS) is 15.3. The fraction of sp³-hybridized carbons (Fsp3) is 0.462. The first-order valence-corrected chi connectivity index (χ1v) is 6.33. The number of ether oxygens (including phenoxy) is 1. The largest absolute Gasteiger partial charge is 0.397 e. The SMILES string of the molecule is Nc1ccccc1N1CCN(CCOCCO)C1=O. The van der Waals surface area contributed by atoms with Gasteiger partial charge >= 0.3 is 6.03 Å². The van der Waals surface area contributed by atoms with Crippen molar-refractivity contribution in [1.29, 1.82) is 0 Å². The van der Waals surface area contributed by atoms with Crippen LogP contribution in [-0.4, -0.2) is 55.5 Å². The van der Waals surface area contributed by atoms with Crippen molar-refractivity contribution in [2.75, 3.05) is 50.1 Å². The second-order valence-electron chi connectivity index (χ2n) is 4.32. The lowest BCUT2D eigenvalue weighted by Gasteiger charge is -2.19. The molecule has 1 fully saturated rings. The van der Waals surface area contributed by atoms with E-state index in [1.165, 1.54) is 0 Å². The van der Waals surface area contributed by atoms with Crippen LogP contribution in [0, 0.1) is 0 Å². The van der Waals surface area contributed by atoms with Gasteiger partial charge in [-0.25, -0.2) is 4.79 Å². The number of hydrogen-bond acceptors (Lipinski definition) is 4. The van der Waals surface area contributed by atoms with Gasteiger partial charge in [-0.2, -0.15) is 0 Å². The monoisotopic (exact) mass is 265 g/mol. The number of aliphatic hydroxyl groups excluding tert-OH is 1. The molecule has 104 valence electrons. The molecule has 0 atom stereocenters. The summed E-state index contributed by atoms with van der Waals surface area (Å²) in [6.45, 7) is 2.56. The first-order chi connectivity index (χ1) is 9.24. The van der Waals surface area contributed by atoms with Gasteiger partial charge in [0.2, 0.25) is 0 Å². The molecule has 2 amide bonds. The van der Waals surface area contributed by atoms with E-state index in [4.69, 9.17) is 15.6 Å². The molecule has 0 saturated carbocycles. The summed E-state index contributed by atoms with van der Waals surface area (Å²) in [4.78, 5) is 15.6. The lowest BCUT2D eigenvalue weighted by atomic mass is 10.2. The number of benzene rings is 1. The molecular weight excluding hydrogens is 246 g/mol. The van der Waals surface area contributed by atoms with Gasteiger partial charge in [0.15, 0.2) is 0 Å². The molecule has 6 nitrogen and oxygen atoms in total. The second kappa shape index (κ2) is 6.40. The molecule has 6 heteroatoms.